The molecule has 0 amide bonds. The third kappa shape index (κ3) is 3.07. The van der Waals surface area contributed by atoms with E-state index in [2.05, 4.69) is 39.0 Å². The maximum atomic E-state index is 11.8. The third-order valence-electron chi connectivity index (χ3n) is 4.94. The molecule has 2 aromatic heterocycles. The fourth-order valence-corrected chi connectivity index (χ4v) is 3.32. The summed E-state index contributed by atoms with van der Waals surface area (Å²) in [6.07, 6.45) is 3.93. The molecule has 25 heavy (non-hydrogen) atoms. The molecule has 3 heteroatoms. The first-order chi connectivity index (χ1) is 12.1. The van der Waals surface area contributed by atoms with E-state index in [9.17, 15) is 4.79 Å². The molecule has 1 atom stereocenters. The highest BCUT2D eigenvalue weighted by Crippen LogP contribution is 2.35. The molecule has 0 saturated carbocycles. The van der Waals surface area contributed by atoms with Gasteiger partial charge in [-0.05, 0) is 67.1 Å². The van der Waals surface area contributed by atoms with Gasteiger partial charge in [-0.1, -0.05) is 26.0 Å². The van der Waals surface area contributed by atoms with E-state index in [0.29, 0.717) is 18.2 Å². The quantitative estimate of drug-likeness (QED) is 0.546. The van der Waals surface area contributed by atoms with Gasteiger partial charge in [0.25, 0.3) is 0 Å². The Bertz CT molecular complexity index is 908. The molecule has 3 aromatic rings. The van der Waals surface area contributed by atoms with E-state index in [1.54, 1.807) is 0 Å². The molecule has 3 nitrogen and oxygen atoms in total. The lowest BCUT2D eigenvalue weighted by Gasteiger charge is -2.16. The van der Waals surface area contributed by atoms with E-state index in [1.165, 1.54) is 5.56 Å². The second-order valence-electron chi connectivity index (χ2n) is 6.50. The molecule has 0 aliphatic heterocycles. The summed E-state index contributed by atoms with van der Waals surface area (Å²) >= 11 is 0. The molecule has 1 aromatic carbocycles. The van der Waals surface area contributed by atoms with E-state index in [4.69, 9.17) is 4.74 Å². The Morgan fingerprint density at radius 1 is 1.20 bits per heavy atom. The summed E-state index contributed by atoms with van der Waals surface area (Å²) < 4.78 is 7.78. The molecule has 0 spiro atoms. The molecule has 0 N–H and O–H groups in total. The van der Waals surface area contributed by atoms with Crippen LogP contribution in [-0.2, 0) is 0 Å². The molecular weight excluding hydrogens is 310 g/mol. The summed E-state index contributed by atoms with van der Waals surface area (Å²) in [7, 11) is 0. The zero-order valence-electron chi connectivity index (χ0n) is 15.4. The largest absolute Gasteiger partial charge is 0.494 e. The van der Waals surface area contributed by atoms with Gasteiger partial charge in [0.1, 0.15) is 5.75 Å². The average Bonchev–Trinajstić information content (AvgIpc) is 3.01. The van der Waals surface area contributed by atoms with Crippen LogP contribution in [0.5, 0.6) is 5.75 Å². The predicted molar refractivity (Wildman–Crippen MR) is 103 cm³/mol. The fraction of sp³-hybridized carbons (Fsp3) is 0.318. The van der Waals surface area contributed by atoms with Crippen LogP contribution in [0.2, 0.25) is 0 Å². The van der Waals surface area contributed by atoms with Crippen LogP contribution in [0.25, 0.3) is 16.6 Å². The number of carbonyl (C=O) groups is 1. The van der Waals surface area contributed by atoms with Gasteiger partial charge in [0.2, 0.25) is 0 Å². The van der Waals surface area contributed by atoms with Gasteiger partial charge in [-0.15, -0.1) is 0 Å². The fourth-order valence-electron chi connectivity index (χ4n) is 3.32. The number of fused-ring (bicyclic) bond motifs is 1. The van der Waals surface area contributed by atoms with Gasteiger partial charge in [0, 0.05) is 17.3 Å². The van der Waals surface area contributed by atoms with Crippen LogP contribution in [0.4, 0.5) is 0 Å². The number of ether oxygens (including phenoxy) is 1. The van der Waals surface area contributed by atoms with Crippen LogP contribution < -0.4 is 4.74 Å². The van der Waals surface area contributed by atoms with Gasteiger partial charge in [-0.3, -0.25) is 4.79 Å². The van der Waals surface area contributed by atoms with Crippen molar-refractivity contribution >= 4 is 11.8 Å². The van der Waals surface area contributed by atoms with E-state index >= 15 is 0 Å². The summed E-state index contributed by atoms with van der Waals surface area (Å²) in [5.74, 6) is 1.34. The maximum Gasteiger partial charge on any atom is 0.167 e. The summed E-state index contributed by atoms with van der Waals surface area (Å²) in [6.45, 7) is 9.11. The molecular formula is C22H25NO2. The van der Waals surface area contributed by atoms with Crippen molar-refractivity contribution in [3.05, 3.63) is 59.4 Å². The van der Waals surface area contributed by atoms with Crippen LogP contribution in [0.3, 0.4) is 0 Å². The predicted octanol–water partition coefficient (Wildman–Crippen LogP) is 5.64. The zero-order chi connectivity index (χ0) is 18.0. The highest BCUT2D eigenvalue weighted by Gasteiger charge is 2.16. The van der Waals surface area contributed by atoms with Crippen LogP contribution in [-0.4, -0.2) is 17.3 Å². The molecule has 1 unspecified atom stereocenters. The monoisotopic (exact) mass is 335 g/mol. The van der Waals surface area contributed by atoms with Crippen molar-refractivity contribution < 1.29 is 9.53 Å². The summed E-state index contributed by atoms with van der Waals surface area (Å²) in [4.78, 5) is 11.8. The van der Waals surface area contributed by atoms with Crippen molar-refractivity contribution in [2.45, 2.75) is 40.0 Å². The highest BCUT2D eigenvalue weighted by molar-refractivity contribution is 5.90. The van der Waals surface area contributed by atoms with Crippen LogP contribution >= 0.6 is 0 Å². The Morgan fingerprint density at radius 2 is 2.00 bits per heavy atom. The minimum absolute atomic E-state index is 0.403. The van der Waals surface area contributed by atoms with Gasteiger partial charge in [-0.25, -0.2) is 0 Å². The van der Waals surface area contributed by atoms with Crippen LogP contribution in [0.15, 0.2) is 42.6 Å². The van der Waals surface area contributed by atoms with E-state index in [0.717, 1.165) is 40.7 Å². The molecule has 0 aliphatic carbocycles. The Kier molecular flexibility index (Phi) is 4.93. The second kappa shape index (κ2) is 7.14. The van der Waals surface area contributed by atoms with Crippen molar-refractivity contribution in [2.75, 3.05) is 6.61 Å². The number of hydrogen-bond acceptors (Lipinski definition) is 2. The Hall–Kier alpha value is -2.55. The van der Waals surface area contributed by atoms with Gasteiger partial charge < -0.3 is 9.14 Å². The van der Waals surface area contributed by atoms with Gasteiger partial charge in [0.05, 0.1) is 12.3 Å². The molecule has 0 radical (unpaired) electrons. The first kappa shape index (κ1) is 17.3. The first-order valence-corrected chi connectivity index (χ1v) is 8.93. The number of pyridine rings is 1. The normalized spacial score (nSPS) is 12.3. The number of rotatable bonds is 6. The van der Waals surface area contributed by atoms with Crippen molar-refractivity contribution in [1.29, 1.82) is 0 Å². The molecule has 0 bridgehead atoms. The van der Waals surface area contributed by atoms with Gasteiger partial charge in [0.15, 0.2) is 6.29 Å². The molecule has 0 fully saturated rings. The molecule has 3 rings (SSSR count). The van der Waals surface area contributed by atoms with Crippen molar-refractivity contribution in [2.24, 2.45) is 0 Å². The van der Waals surface area contributed by atoms with Crippen LogP contribution in [0, 0.1) is 6.92 Å². The topological polar surface area (TPSA) is 30.7 Å². The highest BCUT2D eigenvalue weighted by atomic mass is 16.5. The number of aldehydes is 1. The minimum atomic E-state index is 0.403. The lowest BCUT2D eigenvalue weighted by molar-refractivity contribution is 0.111. The first-order valence-electron chi connectivity index (χ1n) is 8.93. The Morgan fingerprint density at radius 3 is 2.68 bits per heavy atom. The van der Waals surface area contributed by atoms with Crippen molar-refractivity contribution in [3.8, 4) is 16.9 Å². The number of nitrogens with zero attached hydrogens (tertiary/aromatic N) is 1. The van der Waals surface area contributed by atoms with E-state index in [-0.39, 0.29) is 0 Å². The number of aryl methyl sites for hydroxylation is 1. The minimum Gasteiger partial charge on any atom is -0.494 e. The molecule has 130 valence electrons. The zero-order valence-corrected chi connectivity index (χ0v) is 15.4. The van der Waals surface area contributed by atoms with Gasteiger partial charge >= 0.3 is 0 Å². The Labute approximate surface area is 149 Å². The van der Waals surface area contributed by atoms with Crippen LogP contribution in [0.1, 0.15) is 54.7 Å². The SMILES string of the molecule is CCOc1ccc(-c2cc3c(C)cccn3c2C=O)cc1C(C)CC. The Balaban J connectivity index is 2.21. The number of carbonyl (C=O) groups excluding carboxylic acids is 1. The maximum absolute atomic E-state index is 11.8. The second-order valence-corrected chi connectivity index (χ2v) is 6.50. The van der Waals surface area contributed by atoms with Gasteiger partial charge in [-0.2, -0.15) is 0 Å². The lowest BCUT2D eigenvalue weighted by atomic mass is 9.93. The van der Waals surface area contributed by atoms with Crippen molar-refractivity contribution in [3.63, 3.8) is 0 Å². The smallest absolute Gasteiger partial charge is 0.167 e. The number of hydrogen-bond donors (Lipinski definition) is 0. The molecule has 2 heterocycles. The summed E-state index contributed by atoms with van der Waals surface area (Å²) in [6, 6.07) is 12.4. The van der Waals surface area contributed by atoms with E-state index < -0.39 is 0 Å². The lowest BCUT2D eigenvalue weighted by Crippen LogP contribution is -2.00. The number of benzene rings is 1. The number of aromatic nitrogens is 1. The van der Waals surface area contributed by atoms with Crippen molar-refractivity contribution in [1.82, 2.24) is 4.40 Å². The standard InChI is InChI=1S/C22H25NO2/c1-5-15(3)18-12-17(9-10-22(18)25-6-2)19-13-20-16(4)8-7-11-23(20)21(19)14-24/h7-15H,5-6H2,1-4H3. The summed E-state index contributed by atoms with van der Waals surface area (Å²) in [5.41, 5.74) is 6.15. The molecule has 0 saturated heterocycles. The van der Waals surface area contributed by atoms with E-state index in [1.807, 2.05) is 35.7 Å². The summed E-state index contributed by atoms with van der Waals surface area (Å²) in [5, 5.41) is 0. The molecule has 0 aliphatic rings. The third-order valence-corrected chi connectivity index (χ3v) is 4.94. The average molecular weight is 335 g/mol.